The molecule has 1 aliphatic heterocycles. The zero-order valence-electron chi connectivity index (χ0n) is 10.0. The van der Waals surface area contributed by atoms with Crippen LogP contribution in [0.1, 0.15) is 24.8 Å². The highest BCUT2D eigenvalue weighted by Crippen LogP contribution is 2.30. The Morgan fingerprint density at radius 1 is 1.28 bits per heavy atom. The van der Waals surface area contributed by atoms with Crippen molar-refractivity contribution in [3.8, 4) is 11.4 Å². The van der Waals surface area contributed by atoms with Crippen molar-refractivity contribution < 1.29 is 4.74 Å². The molecule has 0 spiro atoms. The molecule has 3 N–H and O–H groups in total. The zero-order valence-corrected chi connectivity index (χ0v) is 10.0. The summed E-state index contributed by atoms with van der Waals surface area (Å²) >= 11 is 0. The molecule has 1 aromatic heterocycles. The van der Waals surface area contributed by atoms with E-state index in [-0.39, 0.29) is 12.2 Å². The highest BCUT2D eigenvalue weighted by atomic mass is 16.5. The average Bonchev–Trinajstić information content (AvgIpc) is 3.08. The Labute approximate surface area is 105 Å². The summed E-state index contributed by atoms with van der Waals surface area (Å²) in [5, 5.41) is 7.20. The number of nitrogens with one attached hydrogen (secondary N) is 1. The lowest BCUT2D eigenvalue weighted by Crippen LogP contribution is -2.19. The Morgan fingerprint density at radius 2 is 2.11 bits per heavy atom. The first-order valence-corrected chi connectivity index (χ1v) is 6.20. The number of benzene rings is 1. The second-order valence-electron chi connectivity index (χ2n) is 4.47. The lowest BCUT2D eigenvalue weighted by Gasteiger charge is -2.08. The van der Waals surface area contributed by atoms with Crippen LogP contribution in [0.5, 0.6) is 0 Å². The molecule has 2 atom stereocenters. The molecular formula is C13H16N4O. The third-order valence-corrected chi connectivity index (χ3v) is 3.21. The summed E-state index contributed by atoms with van der Waals surface area (Å²) in [6.07, 6.45) is 2.09. The van der Waals surface area contributed by atoms with Crippen LogP contribution < -0.4 is 5.73 Å². The lowest BCUT2D eigenvalue weighted by molar-refractivity contribution is 0.0450. The predicted octanol–water partition coefficient (Wildman–Crippen LogP) is 1.65. The number of rotatable bonds is 3. The number of ether oxygens (including phenoxy) is 1. The summed E-state index contributed by atoms with van der Waals surface area (Å²) in [5.74, 6) is 1.51. The summed E-state index contributed by atoms with van der Waals surface area (Å²) in [4.78, 5) is 4.50. The molecule has 0 saturated carbocycles. The highest BCUT2D eigenvalue weighted by molar-refractivity contribution is 5.53. The molecular weight excluding hydrogens is 228 g/mol. The Morgan fingerprint density at radius 3 is 2.83 bits per heavy atom. The van der Waals surface area contributed by atoms with Crippen molar-refractivity contribution in [2.45, 2.75) is 25.0 Å². The molecule has 0 aliphatic carbocycles. The van der Waals surface area contributed by atoms with E-state index < -0.39 is 0 Å². The van der Waals surface area contributed by atoms with Crippen LogP contribution >= 0.6 is 0 Å². The fourth-order valence-corrected chi connectivity index (χ4v) is 2.21. The van der Waals surface area contributed by atoms with Crippen LogP contribution in [0.3, 0.4) is 0 Å². The van der Waals surface area contributed by atoms with Gasteiger partial charge in [-0.2, -0.15) is 5.10 Å². The van der Waals surface area contributed by atoms with Crippen LogP contribution in [0.25, 0.3) is 11.4 Å². The van der Waals surface area contributed by atoms with E-state index in [9.17, 15) is 0 Å². The summed E-state index contributed by atoms with van der Waals surface area (Å²) < 4.78 is 5.79. The number of nitrogens with two attached hydrogens (primary N) is 1. The average molecular weight is 244 g/mol. The lowest BCUT2D eigenvalue weighted by atomic mass is 10.2. The maximum atomic E-state index is 5.79. The topological polar surface area (TPSA) is 76.8 Å². The van der Waals surface area contributed by atoms with E-state index in [2.05, 4.69) is 15.2 Å². The van der Waals surface area contributed by atoms with Gasteiger partial charge in [-0.25, -0.2) is 4.98 Å². The molecule has 0 amide bonds. The highest BCUT2D eigenvalue weighted by Gasteiger charge is 2.28. The molecule has 5 nitrogen and oxygen atoms in total. The van der Waals surface area contributed by atoms with E-state index in [1.165, 1.54) is 0 Å². The number of aromatic nitrogens is 3. The number of H-pyrrole nitrogens is 1. The zero-order chi connectivity index (χ0) is 12.4. The predicted molar refractivity (Wildman–Crippen MR) is 67.7 cm³/mol. The van der Waals surface area contributed by atoms with Gasteiger partial charge in [0.15, 0.2) is 11.6 Å². The van der Waals surface area contributed by atoms with Gasteiger partial charge < -0.3 is 10.5 Å². The number of hydrogen-bond acceptors (Lipinski definition) is 4. The molecule has 2 aromatic rings. The maximum absolute atomic E-state index is 5.79. The van der Waals surface area contributed by atoms with Gasteiger partial charge in [0.25, 0.3) is 0 Å². The second kappa shape index (κ2) is 4.88. The Bertz CT molecular complexity index is 511. The van der Waals surface area contributed by atoms with Crippen molar-refractivity contribution in [3.05, 3.63) is 36.2 Å². The van der Waals surface area contributed by atoms with Gasteiger partial charge in [0.05, 0.1) is 6.10 Å². The first kappa shape index (κ1) is 11.4. The number of aromatic amines is 1. The summed E-state index contributed by atoms with van der Waals surface area (Å²) in [6.45, 7) is 0.566. The van der Waals surface area contributed by atoms with Crippen LogP contribution in [-0.4, -0.2) is 27.8 Å². The van der Waals surface area contributed by atoms with E-state index in [1.807, 2.05) is 30.3 Å². The second-order valence-corrected chi connectivity index (χ2v) is 4.47. The fraction of sp³-hybridized carbons (Fsp3) is 0.385. The van der Waals surface area contributed by atoms with Gasteiger partial charge in [-0.05, 0) is 12.8 Å². The molecule has 0 bridgehead atoms. The van der Waals surface area contributed by atoms with Crippen molar-refractivity contribution in [1.82, 2.24) is 15.2 Å². The number of nitrogens with zero attached hydrogens (tertiary/aromatic N) is 2. The van der Waals surface area contributed by atoms with Gasteiger partial charge in [-0.1, -0.05) is 30.3 Å². The normalized spacial score (nSPS) is 23.4. The van der Waals surface area contributed by atoms with E-state index >= 15 is 0 Å². The van der Waals surface area contributed by atoms with Crippen molar-refractivity contribution in [2.24, 2.45) is 5.73 Å². The van der Waals surface area contributed by atoms with Crippen LogP contribution in [0.15, 0.2) is 30.3 Å². The largest absolute Gasteiger partial charge is 0.366 e. The molecule has 94 valence electrons. The van der Waals surface area contributed by atoms with E-state index in [4.69, 9.17) is 10.5 Å². The number of hydrogen-bond donors (Lipinski definition) is 2. The maximum Gasteiger partial charge on any atom is 0.181 e. The molecule has 3 rings (SSSR count). The minimum absolute atomic E-state index is 0.00325. The smallest absolute Gasteiger partial charge is 0.181 e. The fourth-order valence-electron chi connectivity index (χ4n) is 2.21. The molecule has 1 aliphatic rings. The third kappa shape index (κ3) is 2.14. The quantitative estimate of drug-likeness (QED) is 0.860. The summed E-state index contributed by atoms with van der Waals surface area (Å²) in [5.41, 5.74) is 6.61. The van der Waals surface area contributed by atoms with Gasteiger partial charge >= 0.3 is 0 Å². The Kier molecular flexibility index (Phi) is 3.08. The third-order valence-electron chi connectivity index (χ3n) is 3.21. The Balaban J connectivity index is 1.78. The van der Waals surface area contributed by atoms with Gasteiger partial charge in [-0.15, -0.1) is 0 Å². The molecule has 2 heterocycles. The van der Waals surface area contributed by atoms with Crippen molar-refractivity contribution >= 4 is 0 Å². The summed E-state index contributed by atoms with van der Waals surface area (Å²) in [7, 11) is 0. The molecule has 2 unspecified atom stereocenters. The van der Waals surface area contributed by atoms with Crippen LogP contribution in [-0.2, 0) is 4.74 Å². The molecule has 1 saturated heterocycles. The van der Waals surface area contributed by atoms with E-state index in [1.54, 1.807) is 0 Å². The van der Waals surface area contributed by atoms with Crippen molar-refractivity contribution in [3.63, 3.8) is 0 Å². The standard InChI is InChI=1S/C13H16N4O/c14-8-10-6-7-11(18-10)13-15-12(16-17-13)9-4-2-1-3-5-9/h1-5,10-11H,6-8,14H2,(H,15,16,17). The summed E-state index contributed by atoms with van der Waals surface area (Å²) in [6, 6.07) is 9.91. The Hall–Kier alpha value is -1.72. The minimum atomic E-state index is 0.00325. The molecule has 18 heavy (non-hydrogen) atoms. The van der Waals surface area contributed by atoms with E-state index in [0.717, 1.165) is 24.2 Å². The van der Waals surface area contributed by atoms with Gasteiger partial charge in [0.1, 0.15) is 6.10 Å². The first-order valence-electron chi connectivity index (χ1n) is 6.20. The van der Waals surface area contributed by atoms with Gasteiger partial charge in [0.2, 0.25) is 0 Å². The monoisotopic (exact) mass is 244 g/mol. The van der Waals surface area contributed by atoms with Crippen LogP contribution in [0.2, 0.25) is 0 Å². The van der Waals surface area contributed by atoms with Crippen molar-refractivity contribution in [2.75, 3.05) is 6.54 Å². The van der Waals surface area contributed by atoms with Crippen molar-refractivity contribution in [1.29, 1.82) is 0 Å². The molecule has 0 radical (unpaired) electrons. The first-order chi connectivity index (χ1) is 8.86. The molecule has 1 fully saturated rings. The SMILES string of the molecule is NCC1CCC(c2nc(-c3ccccc3)n[nH]2)O1. The van der Waals surface area contributed by atoms with Crippen LogP contribution in [0.4, 0.5) is 0 Å². The molecule has 1 aromatic carbocycles. The van der Waals surface area contributed by atoms with Crippen LogP contribution in [0, 0.1) is 0 Å². The minimum Gasteiger partial charge on any atom is -0.366 e. The van der Waals surface area contributed by atoms with E-state index in [0.29, 0.717) is 12.4 Å². The molecule has 5 heteroatoms. The van der Waals surface area contributed by atoms with Gasteiger partial charge in [-0.3, -0.25) is 5.10 Å². The van der Waals surface area contributed by atoms with Gasteiger partial charge in [0, 0.05) is 12.1 Å².